The molecule has 4 rings (SSSR count). The van der Waals surface area contributed by atoms with Crippen molar-refractivity contribution >= 4 is 5.97 Å². The summed E-state index contributed by atoms with van der Waals surface area (Å²) in [6.07, 6.45) is -0.765. The number of esters is 1. The molecule has 3 atom stereocenters. The van der Waals surface area contributed by atoms with Gasteiger partial charge < -0.3 is 38.8 Å². The third-order valence-electron chi connectivity index (χ3n) is 6.28. The number of carbonyl (C=O) groups is 1. The second kappa shape index (κ2) is 14.4. The summed E-state index contributed by atoms with van der Waals surface area (Å²) in [5.41, 5.74) is 2.12. The van der Waals surface area contributed by atoms with Crippen molar-refractivity contribution < 1.29 is 38.3 Å². The molecule has 0 fully saturated rings. The molecule has 1 unspecified atom stereocenters. The number of hydrogen-bond acceptors (Lipinski definition) is 9. The van der Waals surface area contributed by atoms with Crippen LogP contribution in [-0.2, 0) is 22.6 Å². The van der Waals surface area contributed by atoms with Crippen LogP contribution in [-0.4, -0.2) is 62.8 Å². The van der Waals surface area contributed by atoms with Gasteiger partial charge in [-0.2, -0.15) is 0 Å². The molecule has 3 aromatic rings. The number of rotatable bonds is 14. The van der Waals surface area contributed by atoms with Crippen LogP contribution in [0.1, 0.15) is 25.0 Å². The Balaban J connectivity index is 1.20. The number of aliphatic hydroxyl groups excluding tert-OH is 1. The van der Waals surface area contributed by atoms with Gasteiger partial charge in [-0.1, -0.05) is 36.4 Å². The van der Waals surface area contributed by atoms with Gasteiger partial charge >= 0.3 is 5.97 Å². The van der Waals surface area contributed by atoms with Gasteiger partial charge in [0.15, 0.2) is 23.0 Å². The van der Waals surface area contributed by atoms with Crippen molar-refractivity contribution in [1.29, 1.82) is 0 Å². The van der Waals surface area contributed by atoms with Gasteiger partial charge in [0.05, 0.1) is 13.7 Å². The van der Waals surface area contributed by atoms with Crippen molar-refractivity contribution in [2.24, 2.45) is 0 Å². The molecule has 1 aliphatic heterocycles. The quantitative estimate of drug-likeness (QED) is 0.288. The van der Waals surface area contributed by atoms with Crippen LogP contribution in [0, 0.1) is 0 Å². The van der Waals surface area contributed by atoms with Gasteiger partial charge in [0.1, 0.15) is 31.7 Å². The first-order valence-corrected chi connectivity index (χ1v) is 13.4. The van der Waals surface area contributed by atoms with Crippen molar-refractivity contribution in [3.05, 3.63) is 77.9 Å². The second-order valence-electron chi connectivity index (χ2n) is 9.52. The molecule has 0 bridgehead atoms. The van der Waals surface area contributed by atoms with E-state index < -0.39 is 18.2 Å². The number of carbonyl (C=O) groups excluding carboxylic acids is 1. The lowest BCUT2D eigenvalue weighted by molar-refractivity contribution is -0.153. The zero-order chi connectivity index (χ0) is 28.3. The van der Waals surface area contributed by atoms with Gasteiger partial charge in [-0.25, -0.2) is 4.79 Å². The van der Waals surface area contributed by atoms with E-state index in [9.17, 15) is 9.90 Å². The van der Waals surface area contributed by atoms with Crippen molar-refractivity contribution in [1.82, 2.24) is 5.32 Å². The minimum absolute atomic E-state index is 0.0834. The zero-order valence-electron chi connectivity index (χ0n) is 23.1. The molecule has 2 N–H and O–H groups in total. The highest BCUT2D eigenvalue weighted by atomic mass is 16.6. The number of methoxy groups -OCH3 is 1. The van der Waals surface area contributed by atoms with Crippen LogP contribution < -0.4 is 29.0 Å². The molecule has 40 heavy (non-hydrogen) atoms. The summed E-state index contributed by atoms with van der Waals surface area (Å²) in [6.45, 7) is 5.11. The number of hydrogen-bond donors (Lipinski definition) is 2. The Hall–Kier alpha value is -3.95. The Morgan fingerprint density at radius 1 is 1.02 bits per heavy atom. The average molecular weight is 552 g/mol. The van der Waals surface area contributed by atoms with Gasteiger partial charge in [0.2, 0.25) is 6.10 Å². The standard InChI is InChI=1S/C31H37NO8/c1-4-36-31(34)30-20-39-29-15-23(10-12-27(29)40-30)14-21(2)32-17-24(33)19-38-26-13-11-25(16-28(26)35-3)37-18-22-8-6-5-7-9-22/h5-13,15-16,21,24,30,32-33H,4,14,17-20H2,1-3H3/t21-,24+,30?/m1/s1. The predicted octanol–water partition coefficient (Wildman–Crippen LogP) is 3.94. The Morgan fingerprint density at radius 3 is 2.62 bits per heavy atom. The molecule has 214 valence electrons. The molecule has 0 spiro atoms. The number of aliphatic hydroxyl groups is 1. The Bertz CT molecular complexity index is 1240. The highest BCUT2D eigenvalue weighted by Crippen LogP contribution is 2.33. The zero-order valence-corrected chi connectivity index (χ0v) is 23.1. The fraction of sp³-hybridized carbons (Fsp3) is 0.387. The molecule has 9 nitrogen and oxygen atoms in total. The molecule has 9 heteroatoms. The van der Waals surface area contributed by atoms with E-state index in [1.807, 2.05) is 55.5 Å². The summed E-state index contributed by atoms with van der Waals surface area (Å²) in [5.74, 6) is 2.42. The Labute approximate surface area is 234 Å². The topological polar surface area (TPSA) is 105 Å². The van der Waals surface area contributed by atoms with Crippen LogP contribution in [0.5, 0.6) is 28.7 Å². The van der Waals surface area contributed by atoms with E-state index in [2.05, 4.69) is 5.32 Å². The number of ether oxygens (including phenoxy) is 6. The number of nitrogens with one attached hydrogen (secondary N) is 1. The maximum absolute atomic E-state index is 11.9. The largest absolute Gasteiger partial charge is 0.493 e. The highest BCUT2D eigenvalue weighted by molar-refractivity contribution is 5.76. The van der Waals surface area contributed by atoms with Gasteiger partial charge in [-0.05, 0) is 55.7 Å². The molecule has 1 heterocycles. The molecule has 0 aromatic heterocycles. The lowest BCUT2D eigenvalue weighted by Crippen LogP contribution is -2.38. The summed E-state index contributed by atoms with van der Waals surface area (Å²) in [6, 6.07) is 21.0. The number of benzene rings is 3. The monoisotopic (exact) mass is 551 g/mol. The summed E-state index contributed by atoms with van der Waals surface area (Å²) in [4.78, 5) is 11.9. The Kier molecular flexibility index (Phi) is 10.5. The van der Waals surface area contributed by atoms with Crippen LogP contribution in [0.3, 0.4) is 0 Å². The molecular formula is C31H37NO8. The maximum Gasteiger partial charge on any atom is 0.350 e. The van der Waals surface area contributed by atoms with E-state index in [4.69, 9.17) is 28.4 Å². The van der Waals surface area contributed by atoms with E-state index in [1.165, 1.54) is 0 Å². The molecule has 0 radical (unpaired) electrons. The van der Waals surface area contributed by atoms with Crippen LogP contribution in [0.15, 0.2) is 66.7 Å². The molecule has 0 saturated carbocycles. The Morgan fingerprint density at radius 2 is 1.85 bits per heavy atom. The van der Waals surface area contributed by atoms with Crippen LogP contribution in [0.2, 0.25) is 0 Å². The lowest BCUT2D eigenvalue weighted by Gasteiger charge is -2.25. The predicted molar refractivity (Wildman–Crippen MR) is 149 cm³/mol. The molecule has 3 aromatic carbocycles. The summed E-state index contributed by atoms with van der Waals surface area (Å²) in [5, 5.41) is 13.8. The first kappa shape index (κ1) is 29.0. The second-order valence-corrected chi connectivity index (χ2v) is 9.52. The smallest absolute Gasteiger partial charge is 0.350 e. The van der Waals surface area contributed by atoms with Gasteiger partial charge in [-0.3, -0.25) is 0 Å². The first-order valence-electron chi connectivity index (χ1n) is 13.4. The maximum atomic E-state index is 11.9. The minimum atomic E-state index is -0.756. The molecule has 0 amide bonds. The van der Waals surface area contributed by atoms with E-state index in [-0.39, 0.29) is 19.3 Å². The summed E-state index contributed by atoms with van der Waals surface area (Å²) in [7, 11) is 1.57. The third kappa shape index (κ3) is 8.27. The lowest BCUT2D eigenvalue weighted by atomic mass is 10.1. The van der Waals surface area contributed by atoms with E-state index in [0.717, 1.165) is 11.1 Å². The molecule has 0 saturated heterocycles. The van der Waals surface area contributed by atoms with Crippen LogP contribution in [0.4, 0.5) is 0 Å². The molecule has 1 aliphatic rings. The van der Waals surface area contributed by atoms with E-state index in [0.29, 0.717) is 54.9 Å². The molecular weight excluding hydrogens is 514 g/mol. The van der Waals surface area contributed by atoms with Crippen molar-refractivity contribution in [2.75, 3.05) is 33.5 Å². The van der Waals surface area contributed by atoms with Gasteiger partial charge in [0.25, 0.3) is 0 Å². The summed E-state index contributed by atoms with van der Waals surface area (Å²) < 4.78 is 33.6. The average Bonchev–Trinajstić information content (AvgIpc) is 2.98. The number of fused-ring (bicyclic) bond motifs is 1. The first-order chi connectivity index (χ1) is 19.4. The van der Waals surface area contributed by atoms with Crippen molar-refractivity contribution in [2.45, 2.75) is 45.1 Å². The highest BCUT2D eigenvalue weighted by Gasteiger charge is 2.28. The van der Waals surface area contributed by atoms with Crippen molar-refractivity contribution in [3.63, 3.8) is 0 Å². The third-order valence-corrected chi connectivity index (χ3v) is 6.28. The van der Waals surface area contributed by atoms with E-state index in [1.54, 1.807) is 32.2 Å². The van der Waals surface area contributed by atoms with E-state index >= 15 is 0 Å². The van der Waals surface area contributed by atoms with Crippen molar-refractivity contribution in [3.8, 4) is 28.7 Å². The van der Waals surface area contributed by atoms with Gasteiger partial charge in [-0.15, -0.1) is 0 Å². The fourth-order valence-corrected chi connectivity index (χ4v) is 4.20. The van der Waals surface area contributed by atoms with Crippen LogP contribution in [0.25, 0.3) is 0 Å². The fourth-order valence-electron chi connectivity index (χ4n) is 4.20. The normalized spacial score (nSPS) is 15.6. The summed E-state index contributed by atoms with van der Waals surface area (Å²) >= 11 is 0. The SMILES string of the molecule is CCOC(=O)C1COc2cc(C[C@@H](C)NC[C@H](O)COc3ccc(OCc4ccccc4)cc3OC)ccc2O1. The molecule has 0 aliphatic carbocycles. The van der Waals surface area contributed by atoms with Crippen LogP contribution >= 0.6 is 0 Å². The minimum Gasteiger partial charge on any atom is -0.493 e. The van der Waals surface area contributed by atoms with Gasteiger partial charge in [0, 0.05) is 18.7 Å².